The molecule has 1 aliphatic carbocycles. The van der Waals surface area contributed by atoms with Gasteiger partial charge in [-0.2, -0.15) is 0 Å². The molecule has 2 N–H and O–H groups in total. The number of carbonyl (C=O) groups is 1. The standard InChI is InChI=1S/C17H19NO3/c1-11-5-2-3-6-12(11)13-9-14(13)17(20)18-15(10-19)16-7-4-8-21-16/h2-8,13-15,19H,9-10H2,1H3,(H,18,20). The molecule has 4 nitrogen and oxygen atoms in total. The van der Waals surface area contributed by atoms with E-state index in [1.165, 1.54) is 17.4 Å². The summed E-state index contributed by atoms with van der Waals surface area (Å²) < 4.78 is 5.24. The number of aliphatic hydroxyl groups excluding tert-OH is 1. The summed E-state index contributed by atoms with van der Waals surface area (Å²) in [5.41, 5.74) is 2.47. The van der Waals surface area contributed by atoms with Crippen molar-refractivity contribution in [2.45, 2.75) is 25.3 Å². The van der Waals surface area contributed by atoms with Gasteiger partial charge in [0.25, 0.3) is 0 Å². The van der Waals surface area contributed by atoms with Crippen LogP contribution in [0.15, 0.2) is 47.1 Å². The highest BCUT2D eigenvalue weighted by Crippen LogP contribution is 2.48. The quantitative estimate of drug-likeness (QED) is 0.887. The first kappa shape index (κ1) is 13.9. The minimum atomic E-state index is -0.467. The average molecular weight is 285 g/mol. The van der Waals surface area contributed by atoms with Crippen molar-refractivity contribution in [3.63, 3.8) is 0 Å². The van der Waals surface area contributed by atoms with E-state index >= 15 is 0 Å². The van der Waals surface area contributed by atoms with Crippen LogP contribution in [-0.4, -0.2) is 17.6 Å². The normalized spacial score (nSPS) is 21.8. The second-order valence-corrected chi connectivity index (χ2v) is 5.56. The number of amides is 1. The Morgan fingerprint density at radius 2 is 2.19 bits per heavy atom. The van der Waals surface area contributed by atoms with E-state index in [0.717, 1.165) is 6.42 Å². The van der Waals surface area contributed by atoms with Crippen LogP contribution in [0.3, 0.4) is 0 Å². The summed E-state index contributed by atoms with van der Waals surface area (Å²) in [7, 11) is 0. The maximum Gasteiger partial charge on any atom is 0.224 e. The number of aliphatic hydroxyl groups is 1. The van der Waals surface area contributed by atoms with Gasteiger partial charge in [0.2, 0.25) is 5.91 Å². The smallest absolute Gasteiger partial charge is 0.224 e. The highest BCUT2D eigenvalue weighted by atomic mass is 16.3. The van der Waals surface area contributed by atoms with Crippen molar-refractivity contribution in [1.82, 2.24) is 5.32 Å². The molecular weight excluding hydrogens is 266 g/mol. The number of aryl methyl sites for hydroxylation is 1. The molecule has 1 aromatic carbocycles. The van der Waals surface area contributed by atoms with Crippen molar-refractivity contribution in [2.24, 2.45) is 5.92 Å². The molecule has 1 saturated carbocycles. The monoisotopic (exact) mass is 285 g/mol. The summed E-state index contributed by atoms with van der Waals surface area (Å²) in [6.45, 7) is 1.91. The van der Waals surface area contributed by atoms with Crippen LogP contribution in [-0.2, 0) is 4.79 Å². The Morgan fingerprint density at radius 3 is 2.86 bits per heavy atom. The van der Waals surface area contributed by atoms with Crippen molar-refractivity contribution in [3.8, 4) is 0 Å². The number of carbonyl (C=O) groups excluding carboxylic acids is 1. The number of hydrogen-bond donors (Lipinski definition) is 2. The summed E-state index contributed by atoms with van der Waals surface area (Å²) in [5.74, 6) is 0.856. The molecule has 0 radical (unpaired) electrons. The SMILES string of the molecule is Cc1ccccc1C1CC1C(=O)NC(CO)c1ccco1. The van der Waals surface area contributed by atoms with Crippen molar-refractivity contribution in [2.75, 3.05) is 6.61 Å². The predicted molar refractivity (Wildman–Crippen MR) is 78.7 cm³/mol. The fraction of sp³-hybridized carbons (Fsp3) is 0.353. The molecule has 2 aromatic rings. The molecule has 1 aliphatic rings. The van der Waals surface area contributed by atoms with E-state index in [2.05, 4.69) is 24.4 Å². The topological polar surface area (TPSA) is 62.5 Å². The first-order valence-corrected chi connectivity index (χ1v) is 7.21. The van der Waals surface area contributed by atoms with E-state index in [1.54, 1.807) is 12.1 Å². The summed E-state index contributed by atoms with van der Waals surface area (Å²) in [6, 6.07) is 11.2. The Balaban J connectivity index is 1.64. The Bertz CT molecular complexity index is 621. The molecule has 1 heterocycles. The Labute approximate surface area is 123 Å². The van der Waals surface area contributed by atoms with Gasteiger partial charge in [-0.25, -0.2) is 0 Å². The fourth-order valence-electron chi connectivity index (χ4n) is 2.81. The third-order valence-electron chi connectivity index (χ3n) is 4.10. The van der Waals surface area contributed by atoms with Gasteiger partial charge in [-0.15, -0.1) is 0 Å². The predicted octanol–water partition coefficient (Wildman–Crippen LogP) is 2.54. The lowest BCUT2D eigenvalue weighted by Crippen LogP contribution is -2.32. The van der Waals surface area contributed by atoms with Gasteiger partial charge in [0.15, 0.2) is 0 Å². The van der Waals surface area contributed by atoms with E-state index < -0.39 is 6.04 Å². The number of rotatable bonds is 5. The average Bonchev–Trinajstić information content (AvgIpc) is 3.10. The molecule has 1 amide bonds. The largest absolute Gasteiger partial charge is 0.467 e. The number of hydrogen-bond acceptors (Lipinski definition) is 3. The minimum Gasteiger partial charge on any atom is -0.467 e. The molecule has 0 bridgehead atoms. The van der Waals surface area contributed by atoms with Gasteiger partial charge >= 0.3 is 0 Å². The van der Waals surface area contributed by atoms with Crippen molar-refractivity contribution >= 4 is 5.91 Å². The third kappa shape index (κ3) is 2.85. The molecular formula is C17H19NO3. The van der Waals surface area contributed by atoms with Crippen LogP contribution < -0.4 is 5.32 Å². The molecule has 0 saturated heterocycles. The summed E-state index contributed by atoms with van der Waals surface area (Å²) >= 11 is 0. The molecule has 0 spiro atoms. The van der Waals surface area contributed by atoms with Gasteiger partial charge in [0.1, 0.15) is 11.8 Å². The second kappa shape index (κ2) is 5.74. The van der Waals surface area contributed by atoms with E-state index in [-0.39, 0.29) is 18.4 Å². The number of nitrogens with one attached hydrogen (secondary N) is 1. The van der Waals surface area contributed by atoms with Crippen LogP contribution in [0.1, 0.15) is 35.3 Å². The van der Waals surface area contributed by atoms with Crippen LogP contribution in [0, 0.1) is 12.8 Å². The molecule has 3 rings (SSSR count). The lowest BCUT2D eigenvalue weighted by Gasteiger charge is -2.14. The van der Waals surface area contributed by atoms with Crippen LogP contribution in [0.25, 0.3) is 0 Å². The zero-order chi connectivity index (χ0) is 14.8. The molecule has 3 unspecified atom stereocenters. The van der Waals surface area contributed by atoms with Crippen LogP contribution in [0.2, 0.25) is 0 Å². The fourth-order valence-corrected chi connectivity index (χ4v) is 2.81. The van der Waals surface area contributed by atoms with Gasteiger partial charge in [-0.05, 0) is 42.5 Å². The van der Waals surface area contributed by atoms with E-state index in [4.69, 9.17) is 4.42 Å². The first-order valence-electron chi connectivity index (χ1n) is 7.21. The molecule has 1 fully saturated rings. The first-order chi connectivity index (χ1) is 10.2. The van der Waals surface area contributed by atoms with Crippen molar-refractivity contribution in [1.29, 1.82) is 0 Å². The summed E-state index contributed by atoms with van der Waals surface area (Å²) in [5, 5.41) is 12.3. The van der Waals surface area contributed by atoms with Gasteiger partial charge in [0, 0.05) is 5.92 Å². The van der Waals surface area contributed by atoms with E-state index in [0.29, 0.717) is 11.7 Å². The zero-order valence-corrected chi connectivity index (χ0v) is 12.0. The summed E-state index contributed by atoms with van der Waals surface area (Å²) in [4.78, 5) is 12.3. The number of furan rings is 1. The van der Waals surface area contributed by atoms with Crippen molar-refractivity contribution < 1.29 is 14.3 Å². The third-order valence-corrected chi connectivity index (χ3v) is 4.10. The maximum absolute atomic E-state index is 12.3. The second-order valence-electron chi connectivity index (χ2n) is 5.56. The highest BCUT2D eigenvalue weighted by molar-refractivity contribution is 5.83. The summed E-state index contributed by atoms with van der Waals surface area (Å²) in [6.07, 6.45) is 2.41. The zero-order valence-electron chi connectivity index (χ0n) is 12.0. The molecule has 21 heavy (non-hydrogen) atoms. The van der Waals surface area contributed by atoms with Crippen molar-refractivity contribution in [3.05, 3.63) is 59.5 Å². The highest BCUT2D eigenvalue weighted by Gasteiger charge is 2.45. The van der Waals surface area contributed by atoms with Gasteiger partial charge in [-0.3, -0.25) is 4.79 Å². The van der Waals surface area contributed by atoms with Gasteiger partial charge < -0.3 is 14.8 Å². The Hall–Kier alpha value is -2.07. The Morgan fingerprint density at radius 1 is 1.38 bits per heavy atom. The Kier molecular flexibility index (Phi) is 3.80. The molecule has 110 valence electrons. The lowest BCUT2D eigenvalue weighted by molar-refractivity contribution is -0.123. The van der Waals surface area contributed by atoms with Gasteiger partial charge in [-0.1, -0.05) is 24.3 Å². The molecule has 3 atom stereocenters. The molecule has 1 aromatic heterocycles. The lowest BCUT2D eigenvalue weighted by atomic mass is 10.0. The molecule has 4 heteroatoms. The minimum absolute atomic E-state index is 0.00453. The van der Waals surface area contributed by atoms with Gasteiger partial charge in [0.05, 0.1) is 12.9 Å². The van der Waals surface area contributed by atoms with E-state index in [1.807, 2.05) is 12.1 Å². The molecule has 0 aliphatic heterocycles. The van der Waals surface area contributed by atoms with E-state index in [9.17, 15) is 9.90 Å². The van der Waals surface area contributed by atoms with Crippen LogP contribution in [0.5, 0.6) is 0 Å². The maximum atomic E-state index is 12.3. The van der Waals surface area contributed by atoms with Crippen LogP contribution >= 0.6 is 0 Å². The number of benzene rings is 1. The van der Waals surface area contributed by atoms with Crippen LogP contribution in [0.4, 0.5) is 0 Å².